The maximum absolute atomic E-state index is 11.8. The topological polar surface area (TPSA) is 57.5 Å². The molecule has 0 fully saturated rings. The fourth-order valence-corrected chi connectivity index (χ4v) is 3.67. The van der Waals surface area contributed by atoms with E-state index in [0.29, 0.717) is 17.0 Å². The molecule has 0 aliphatic carbocycles. The fraction of sp³-hybridized carbons (Fsp3) is 0.250. The summed E-state index contributed by atoms with van der Waals surface area (Å²) in [6.45, 7) is 3.71. The second kappa shape index (κ2) is 6.33. The van der Waals surface area contributed by atoms with E-state index < -0.39 is 13.3 Å². The first-order valence-electron chi connectivity index (χ1n) is 6.74. The molecule has 0 spiro atoms. The highest BCUT2D eigenvalue weighted by Gasteiger charge is 2.30. The van der Waals surface area contributed by atoms with Crippen molar-refractivity contribution in [2.45, 2.75) is 25.9 Å². The summed E-state index contributed by atoms with van der Waals surface area (Å²) >= 11 is 5.90. The van der Waals surface area contributed by atoms with E-state index in [1.807, 2.05) is 37.3 Å². The van der Waals surface area contributed by atoms with Crippen LogP contribution in [0.1, 0.15) is 30.1 Å². The molecule has 21 heavy (non-hydrogen) atoms. The second-order valence-corrected chi connectivity index (χ2v) is 7.35. The number of benzene rings is 2. The van der Waals surface area contributed by atoms with Crippen molar-refractivity contribution in [1.82, 2.24) is 0 Å². The van der Waals surface area contributed by atoms with Crippen LogP contribution in [-0.2, 0) is 4.57 Å². The molecular formula is C16H18ClO3P. The van der Waals surface area contributed by atoms with Crippen LogP contribution in [0.4, 0.5) is 0 Å². The van der Waals surface area contributed by atoms with E-state index in [1.165, 1.54) is 0 Å². The summed E-state index contributed by atoms with van der Waals surface area (Å²) in [4.78, 5) is 19.3. The molecule has 0 aliphatic rings. The molecular weight excluding hydrogens is 307 g/mol. The summed E-state index contributed by atoms with van der Waals surface area (Å²) in [7, 11) is -4.20. The first-order valence-corrected chi connectivity index (χ1v) is 8.80. The van der Waals surface area contributed by atoms with Crippen molar-refractivity contribution in [3.05, 3.63) is 58.6 Å². The average molecular weight is 325 g/mol. The molecule has 112 valence electrons. The standard InChI is InChI=1S/C16H18ClO3P/c1-3-16(21(18,19)20)15-10-11(2)4-9-14(15)12-5-7-13(17)8-6-12/h4-10,16H,3H2,1-2H3,(H2,18,19,20). The van der Waals surface area contributed by atoms with Crippen molar-refractivity contribution in [1.29, 1.82) is 0 Å². The highest BCUT2D eigenvalue weighted by atomic mass is 35.5. The molecule has 0 heterocycles. The summed E-state index contributed by atoms with van der Waals surface area (Å²) in [6, 6.07) is 13.0. The van der Waals surface area contributed by atoms with Crippen LogP contribution in [0.5, 0.6) is 0 Å². The molecule has 2 aromatic carbocycles. The van der Waals surface area contributed by atoms with Gasteiger partial charge in [0.1, 0.15) is 0 Å². The van der Waals surface area contributed by atoms with E-state index in [4.69, 9.17) is 11.6 Å². The molecule has 2 N–H and O–H groups in total. The van der Waals surface area contributed by atoms with Crippen molar-refractivity contribution >= 4 is 19.2 Å². The molecule has 1 atom stereocenters. The van der Waals surface area contributed by atoms with Gasteiger partial charge in [-0.15, -0.1) is 0 Å². The quantitative estimate of drug-likeness (QED) is 0.783. The van der Waals surface area contributed by atoms with Crippen LogP contribution in [0, 0.1) is 6.92 Å². The molecule has 0 aliphatic heterocycles. The van der Waals surface area contributed by atoms with Crippen LogP contribution in [-0.4, -0.2) is 9.79 Å². The zero-order chi connectivity index (χ0) is 15.6. The summed E-state index contributed by atoms with van der Waals surface area (Å²) in [6.07, 6.45) is 0.383. The Kier molecular flexibility index (Phi) is 4.90. The number of rotatable bonds is 4. The average Bonchev–Trinajstić information content (AvgIpc) is 2.39. The first kappa shape index (κ1) is 16.3. The van der Waals surface area contributed by atoms with Crippen LogP contribution in [0.15, 0.2) is 42.5 Å². The van der Waals surface area contributed by atoms with Gasteiger partial charge in [-0.1, -0.05) is 54.4 Å². The van der Waals surface area contributed by atoms with Gasteiger partial charge >= 0.3 is 7.60 Å². The molecule has 3 nitrogen and oxygen atoms in total. The van der Waals surface area contributed by atoms with Gasteiger partial charge in [0.25, 0.3) is 0 Å². The minimum atomic E-state index is -4.20. The third-order valence-electron chi connectivity index (χ3n) is 3.51. The minimum absolute atomic E-state index is 0.383. The third-order valence-corrected chi connectivity index (χ3v) is 5.22. The smallest absolute Gasteiger partial charge is 0.324 e. The Bertz CT molecular complexity index is 676. The number of hydrogen-bond acceptors (Lipinski definition) is 1. The first-order chi connectivity index (χ1) is 9.82. The van der Waals surface area contributed by atoms with Crippen LogP contribution in [0.25, 0.3) is 11.1 Å². The Labute approximate surface area is 129 Å². The lowest BCUT2D eigenvalue weighted by Crippen LogP contribution is -2.01. The number of halogens is 1. The van der Waals surface area contributed by atoms with E-state index in [0.717, 1.165) is 16.7 Å². The van der Waals surface area contributed by atoms with Crippen LogP contribution >= 0.6 is 19.2 Å². The Morgan fingerprint density at radius 1 is 1.14 bits per heavy atom. The Balaban J connectivity index is 2.62. The third kappa shape index (κ3) is 3.75. The molecule has 0 aromatic heterocycles. The predicted octanol–water partition coefficient (Wildman–Crippen LogP) is 4.94. The molecule has 5 heteroatoms. The van der Waals surface area contributed by atoms with E-state index in [9.17, 15) is 14.4 Å². The van der Waals surface area contributed by atoms with Gasteiger partial charge in [0, 0.05) is 5.02 Å². The van der Waals surface area contributed by atoms with Gasteiger partial charge < -0.3 is 9.79 Å². The molecule has 0 radical (unpaired) electrons. The Morgan fingerprint density at radius 3 is 2.29 bits per heavy atom. The van der Waals surface area contributed by atoms with Crippen molar-refractivity contribution in [3.8, 4) is 11.1 Å². The molecule has 2 aromatic rings. The normalized spacial score (nSPS) is 13.2. The minimum Gasteiger partial charge on any atom is -0.324 e. The molecule has 0 bridgehead atoms. The Hall–Kier alpha value is -1.12. The van der Waals surface area contributed by atoms with Crippen LogP contribution in [0.2, 0.25) is 5.02 Å². The van der Waals surface area contributed by atoms with Gasteiger partial charge in [0.2, 0.25) is 0 Å². The van der Waals surface area contributed by atoms with E-state index >= 15 is 0 Å². The van der Waals surface area contributed by atoms with Crippen molar-refractivity contribution in [2.75, 3.05) is 0 Å². The maximum atomic E-state index is 11.8. The zero-order valence-corrected chi connectivity index (χ0v) is 13.6. The summed E-state index contributed by atoms with van der Waals surface area (Å²) in [5.74, 6) is 0. The van der Waals surface area contributed by atoms with E-state index in [1.54, 1.807) is 19.1 Å². The monoisotopic (exact) mass is 324 g/mol. The van der Waals surface area contributed by atoms with Gasteiger partial charge in [-0.2, -0.15) is 0 Å². The SMILES string of the molecule is CCC(c1cc(C)ccc1-c1ccc(Cl)cc1)P(=O)(O)O. The van der Waals surface area contributed by atoms with Gasteiger partial charge in [-0.25, -0.2) is 0 Å². The highest BCUT2D eigenvalue weighted by Crippen LogP contribution is 2.55. The van der Waals surface area contributed by atoms with Crippen molar-refractivity contribution < 1.29 is 14.4 Å². The Morgan fingerprint density at radius 2 is 1.76 bits per heavy atom. The fourth-order valence-electron chi connectivity index (χ4n) is 2.49. The summed E-state index contributed by atoms with van der Waals surface area (Å²) in [5.41, 5.74) is 2.62. The largest absolute Gasteiger partial charge is 0.332 e. The molecule has 0 amide bonds. The van der Waals surface area contributed by atoms with Gasteiger partial charge in [0.15, 0.2) is 0 Å². The van der Waals surface area contributed by atoms with Crippen molar-refractivity contribution in [3.63, 3.8) is 0 Å². The zero-order valence-electron chi connectivity index (χ0n) is 12.0. The molecule has 1 unspecified atom stereocenters. The second-order valence-electron chi connectivity index (χ2n) is 5.11. The van der Waals surface area contributed by atoms with E-state index in [2.05, 4.69) is 0 Å². The van der Waals surface area contributed by atoms with Gasteiger partial charge in [-0.05, 0) is 42.2 Å². The predicted molar refractivity (Wildman–Crippen MR) is 86.7 cm³/mol. The van der Waals surface area contributed by atoms with Crippen molar-refractivity contribution in [2.24, 2.45) is 0 Å². The molecule has 0 saturated carbocycles. The highest BCUT2D eigenvalue weighted by molar-refractivity contribution is 7.52. The van der Waals surface area contributed by atoms with Gasteiger partial charge in [0.05, 0.1) is 5.66 Å². The maximum Gasteiger partial charge on any atom is 0.332 e. The van der Waals surface area contributed by atoms with E-state index in [-0.39, 0.29) is 0 Å². The van der Waals surface area contributed by atoms with Gasteiger partial charge in [-0.3, -0.25) is 4.57 Å². The number of hydrogen-bond donors (Lipinski definition) is 2. The lowest BCUT2D eigenvalue weighted by molar-refractivity contribution is 0.357. The molecule has 2 rings (SSSR count). The molecule has 0 saturated heterocycles. The summed E-state index contributed by atoms with van der Waals surface area (Å²) in [5, 5.41) is 0.634. The lowest BCUT2D eigenvalue weighted by Gasteiger charge is -2.21. The lowest BCUT2D eigenvalue weighted by atomic mass is 9.95. The number of aryl methyl sites for hydroxylation is 1. The van der Waals surface area contributed by atoms with Crippen LogP contribution < -0.4 is 0 Å². The summed E-state index contributed by atoms with van der Waals surface area (Å²) < 4.78 is 11.8. The van der Waals surface area contributed by atoms with Crippen LogP contribution in [0.3, 0.4) is 0 Å².